The van der Waals surface area contributed by atoms with Crippen molar-refractivity contribution in [2.75, 3.05) is 32.7 Å². The molecule has 34 heavy (non-hydrogen) atoms. The van der Waals surface area contributed by atoms with Crippen LogP contribution < -0.4 is 19.5 Å². The van der Waals surface area contributed by atoms with E-state index in [2.05, 4.69) is 54.4 Å². The number of benzene rings is 3. The quantitative estimate of drug-likeness (QED) is 0.425. The highest BCUT2D eigenvalue weighted by molar-refractivity contribution is 7.80. The smallest absolute Gasteiger partial charge is 0.174 e. The summed E-state index contributed by atoms with van der Waals surface area (Å²) in [6.45, 7) is 5.47. The zero-order valence-corrected chi connectivity index (χ0v) is 21.1. The van der Waals surface area contributed by atoms with Gasteiger partial charge in [-0.1, -0.05) is 37.3 Å². The van der Waals surface area contributed by atoms with Crippen LogP contribution in [0.1, 0.15) is 35.2 Å². The van der Waals surface area contributed by atoms with Crippen LogP contribution in [0.4, 0.5) is 5.69 Å². The predicted octanol–water partition coefficient (Wildman–Crippen LogP) is 5.95. The number of hydrogen-bond donors (Lipinski definition) is 1. The van der Waals surface area contributed by atoms with E-state index >= 15 is 0 Å². The summed E-state index contributed by atoms with van der Waals surface area (Å²) in [6, 6.07) is 20.5. The second-order valence-electron chi connectivity index (χ2n) is 8.42. The summed E-state index contributed by atoms with van der Waals surface area (Å²) < 4.78 is 17.4. The van der Waals surface area contributed by atoms with Crippen molar-refractivity contribution in [2.24, 2.45) is 0 Å². The fourth-order valence-corrected chi connectivity index (χ4v) is 4.68. The highest BCUT2D eigenvalue weighted by Gasteiger charge is 2.31. The normalized spacial score (nSPS) is 14.8. The molecule has 1 heterocycles. The van der Waals surface area contributed by atoms with E-state index in [9.17, 15) is 0 Å². The monoisotopic (exact) mass is 476 g/mol. The van der Waals surface area contributed by atoms with Crippen LogP contribution in [0.2, 0.25) is 0 Å². The van der Waals surface area contributed by atoms with Gasteiger partial charge in [-0.15, -0.1) is 0 Å². The van der Waals surface area contributed by atoms with Crippen LogP contribution in [0.25, 0.3) is 0 Å². The van der Waals surface area contributed by atoms with Crippen molar-refractivity contribution in [1.29, 1.82) is 0 Å². The molecule has 1 atom stereocenters. The molecule has 4 rings (SSSR count). The number of thiocarbonyl (C=S) groups is 1. The molecule has 0 aliphatic carbocycles. The van der Waals surface area contributed by atoms with Crippen molar-refractivity contribution in [2.45, 2.75) is 32.7 Å². The molecular weight excluding hydrogens is 444 g/mol. The lowest BCUT2D eigenvalue weighted by atomic mass is 9.92. The highest BCUT2D eigenvalue weighted by atomic mass is 32.1. The topological polar surface area (TPSA) is 43.0 Å². The van der Waals surface area contributed by atoms with Crippen LogP contribution in [0, 0.1) is 6.92 Å². The molecule has 0 amide bonds. The van der Waals surface area contributed by atoms with Gasteiger partial charge in [0, 0.05) is 12.2 Å². The van der Waals surface area contributed by atoms with Crippen LogP contribution in [0.5, 0.6) is 17.2 Å². The standard InChI is InChI=1S/C28H32N2O3S/c1-5-20-10-12-22(13-11-20)33-18-25-23-17-27(32-4)26(31-3)16-21(23)14-15-30(25)28(34)29-24-9-7-6-8-19(24)2/h6-13,16-17,25H,5,14-15,18H2,1-4H3,(H,29,34). The number of aryl methyl sites for hydroxylation is 2. The SMILES string of the molecule is CCc1ccc(OCC2c3cc(OC)c(OC)cc3CCN2C(=S)Nc2ccccc2C)cc1. The average Bonchev–Trinajstić information content (AvgIpc) is 2.87. The summed E-state index contributed by atoms with van der Waals surface area (Å²) in [5.74, 6) is 2.30. The van der Waals surface area contributed by atoms with Gasteiger partial charge in [0.1, 0.15) is 12.4 Å². The van der Waals surface area contributed by atoms with Crippen molar-refractivity contribution in [3.8, 4) is 17.2 Å². The molecule has 3 aromatic rings. The number of nitrogens with zero attached hydrogens (tertiary/aromatic N) is 1. The van der Waals surface area contributed by atoms with Gasteiger partial charge in [-0.2, -0.15) is 0 Å². The van der Waals surface area contributed by atoms with E-state index < -0.39 is 0 Å². The Balaban J connectivity index is 1.64. The predicted molar refractivity (Wildman–Crippen MR) is 141 cm³/mol. The van der Waals surface area contributed by atoms with Gasteiger partial charge in [-0.05, 0) is 84.6 Å². The lowest BCUT2D eigenvalue weighted by molar-refractivity contribution is 0.190. The summed E-state index contributed by atoms with van der Waals surface area (Å²) in [5, 5.41) is 4.14. The van der Waals surface area contributed by atoms with Crippen molar-refractivity contribution < 1.29 is 14.2 Å². The first-order chi connectivity index (χ1) is 16.5. The Kier molecular flexibility index (Phi) is 7.58. The minimum atomic E-state index is -0.0709. The fraction of sp³-hybridized carbons (Fsp3) is 0.321. The molecule has 6 heteroatoms. The highest BCUT2D eigenvalue weighted by Crippen LogP contribution is 2.38. The zero-order chi connectivity index (χ0) is 24.1. The maximum atomic E-state index is 6.29. The van der Waals surface area contributed by atoms with Gasteiger partial charge in [0.05, 0.1) is 20.3 Å². The Bertz CT molecular complexity index is 1150. The molecule has 1 aliphatic rings. The van der Waals surface area contributed by atoms with Crippen LogP contribution in [-0.2, 0) is 12.8 Å². The lowest BCUT2D eigenvalue weighted by Gasteiger charge is -2.39. The largest absolute Gasteiger partial charge is 0.493 e. The zero-order valence-electron chi connectivity index (χ0n) is 20.3. The van der Waals surface area contributed by atoms with Crippen molar-refractivity contribution in [3.63, 3.8) is 0 Å². The molecular formula is C28H32N2O3S. The third-order valence-electron chi connectivity index (χ3n) is 6.39. The van der Waals surface area contributed by atoms with Gasteiger partial charge in [-0.3, -0.25) is 0 Å². The molecule has 1 aliphatic heterocycles. The maximum Gasteiger partial charge on any atom is 0.174 e. The number of nitrogens with one attached hydrogen (secondary N) is 1. The average molecular weight is 477 g/mol. The Hall–Kier alpha value is -3.25. The van der Waals surface area contributed by atoms with Crippen molar-refractivity contribution >= 4 is 23.0 Å². The van der Waals surface area contributed by atoms with Crippen molar-refractivity contribution in [3.05, 3.63) is 82.9 Å². The molecule has 0 saturated carbocycles. The van der Waals surface area contributed by atoms with E-state index in [0.717, 1.165) is 47.7 Å². The van der Waals surface area contributed by atoms with Gasteiger partial charge in [0.15, 0.2) is 16.6 Å². The van der Waals surface area contributed by atoms with Crippen LogP contribution in [-0.4, -0.2) is 37.4 Å². The first-order valence-electron chi connectivity index (χ1n) is 11.6. The third-order valence-corrected chi connectivity index (χ3v) is 6.73. The summed E-state index contributed by atoms with van der Waals surface area (Å²) in [6.07, 6.45) is 1.86. The van der Waals surface area contributed by atoms with Gasteiger partial charge in [-0.25, -0.2) is 0 Å². The Morgan fingerprint density at radius 1 is 1.03 bits per heavy atom. The molecule has 0 aromatic heterocycles. The number of anilines is 1. The molecule has 1 unspecified atom stereocenters. The van der Waals surface area contributed by atoms with E-state index in [-0.39, 0.29) is 6.04 Å². The Morgan fingerprint density at radius 2 is 1.74 bits per heavy atom. The molecule has 5 nitrogen and oxygen atoms in total. The van der Waals surface area contributed by atoms with Gasteiger partial charge >= 0.3 is 0 Å². The number of fused-ring (bicyclic) bond motifs is 1. The number of methoxy groups -OCH3 is 2. The number of rotatable bonds is 7. The van der Waals surface area contributed by atoms with E-state index in [1.54, 1.807) is 14.2 Å². The van der Waals surface area contributed by atoms with E-state index in [4.69, 9.17) is 26.4 Å². The van der Waals surface area contributed by atoms with Crippen LogP contribution in [0.3, 0.4) is 0 Å². The third kappa shape index (κ3) is 5.12. The Morgan fingerprint density at radius 3 is 2.41 bits per heavy atom. The van der Waals surface area contributed by atoms with E-state index in [1.807, 2.05) is 30.3 Å². The van der Waals surface area contributed by atoms with E-state index in [1.165, 1.54) is 11.1 Å². The van der Waals surface area contributed by atoms with Crippen LogP contribution >= 0.6 is 12.2 Å². The van der Waals surface area contributed by atoms with E-state index in [0.29, 0.717) is 17.5 Å². The summed E-state index contributed by atoms with van der Waals surface area (Å²) in [5.41, 5.74) is 5.82. The van der Waals surface area contributed by atoms with Crippen LogP contribution in [0.15, 0.2) is 60.7 Å². The molecule has 0 fully saturated rings. The minimum Gasteiger partial charge on any atom is -0.493 e. The number of hydrogen-bond acceptors (Lipinski definition) is 4. The molecule has 0 bridgehead atoms. The molecule has 0 saturated heterocycles. The maximum absolute atomic E-state index is 6.29. The van der Waals surface area contributed by atoms with Gasteiger partial charge < -0.3 is 24.4 Å². The van der Waals surface area contributed by atoms with Gasteiger partial charge in [0.2, 0.25) is 0 Å². The fourth-order valence-electron chi connectivity index (χ4n) is 4.35. The summed E-state index contributed by atoms with van der Waals surface area (Å²) >= 11 is 5.90. The summed E-state index contributed by atoms with van der Waals surface area (Å²) in [4.78, 5) is 2.22. The molecule has 0 radical (unpaired) electrons. The summed E-state index contributed by atoms with van der Waals surface area (Å²) in [7, 11) is 3.33. The minimum absolute atomic E-state index is 0.0709. The molecule has 178 valence electrons. The second-order valence-corrected chi connectivity index (χ2v) is 8.81. The first-order valence-corrected chi connectivity index (χ1v) is 12.0. The molecule has 1 N–H and O–H groups in total. The lowest BCUT2D eigenvalue weighted by Crippen LogP contribution is -2.44. The number of ether oxygens (including phenoxy) is 3. The Labute approximate surface area is 207 Å². The molecule has 3 aromatic carbocycles. The number of para-hydroxylation sites is 1. The first kappa shape index (κ1) is 23.9. The van der Waals surface area contributed by atoms with Gasteiger partial charge in [0.25, 0.3) is 0 Å². The van der Waals surface area contributed by atoms with Crippen molar-refractivity contribution in [1.82, 2.24) is 4.90 Å². The molecule has 0 spiro atoms. The second kappa shape index (κ2) is 10.8.